The summed E-state index contributed by atoms with van der Waals surface area (Å²) in [5, 5.41) is 19.5. The molecule has 31 heavy (non-hydrogen) atoms. The summed E-state index contributed by atoms with van der Waals surface area (Å²) in [7, 11) is 0. The first-order valence-corrected chi connectivity index (χ1v) is 10.3. The Kier molecular flexibility index (Phi) is 5.63. The molecule has 1 saturated carbocycles. The van der Waals surface area contributed by atoms with Gasteiger partial charge in [-0.3, -0.25) is 9.89 Å². The molecule has 1 aliphatic heterocycles. The molecule has 4 rings (SSSR count). The van der Waals surface area contributed by atoms with Gasteiger partial charge in [-0.2, -0.15) is 10.4 Å². The van der Waals surface area contributed by atoms with Crippen LogP contribution in [0.25, 0.3) is 11.3 Å². The number of nitrogens with zero attached hydrogens (tertiary/aromatic N) is 3. The Morgan fingerprint density at radius 2 is 2.26 bits per heavy atom. The lowest BCUT2D eigenvalue weighted by atomic mass is 10.0. The zero-order chi connectivity index (χ0) is 21.8. The van der Waals surface area contributed by atoms with Crippen LogP contribution in [0.3, 0.4) is 0 Å². The van der Waals surface area contributed by atoms with E-state index in [4.69, 9.17) is 4.74 Å². The molecule has 1 saturated heterocycles. The van der Waals surface area contributed by atoms with Gasteiger partial charge in [-0.25, -0.2) is 0 Å². The van der Waals surface area contributed by atoms with Gasteiger partial charge in [0.25, 0.3) is 5.91 Å². The van der Waals surface area contributed by atoms with E-state index >= 15 is 0 Å². The number of para-hydroxylation sites is 1. The number of allylic oxidation sites excluding steroid dienone is 4. The molecule has 0 radical (unpaired) electrons. The Morgan fingerprint density at radius 3 is 2.97 bits per heavy atom. The van der Waals surface area contributed by atoms with Crippen molar-refractivity contribution in [1.29, 1.82) is 5.26 Å². The van der Waals surface area contributed by atoms with Gasteiger partial charge in [-0.05, 0) is 50.1 Å². The van der Waals surface area contributed by atoms with Crippen LogP contribution >= 0.6 is 0 Å². The van der Waals surface area contributed by atoms with Crippen LogP contribution in [0.5, 0.6) is 5.75 Å². The van der Waals surface area contributed by atoms with Crippen LogP contribution in [0.1, 0.15) is 30.3 Å². The molecule has 2 aromatic rings. The molecule has 0 bridgehead atoms. The third kappa shape index (κ3) is 4.24. The van der Waals surface area contributed by atoms with Crippen LogP contribution in [-0.2, 0) is 0 Å². The first-order chi connectivity index (χ1) is 15.1. The van der Waals surface area contributed by atoms with E-state index in [2.05, 4.69) is 28.3 Å². The smallest absolute Gasteiger partial charge is 0.269 e. The van der Waals surface area contributed by atoms with Gasteiger partial charge >= 0.3 is 0 Å². The Hall–Kier alpha value is -3.79. The number of amides is 1. The van der Waals surface area contributed by atoms with Gasteiger partial charge in [0.2, 0.25) is 0 Å². The van der Waals surface area contributed by atoms with E-state index in [1.165, 1.54) is 0 Å². The van der Waals surface area contributed by atoms with Crippen LogP contribution in [0.4, 0.5) is 0 Å². The highest BCUT2D eigenvalue weighted by molar-refractivity contribution is 5.94. The summed E-state index contributed by atoms with van der Waals surface area (Å²) in [6.45, 7) is 7.00. The predicted molar refractivity (Wildman–Crippen MR) is 118 cm³/mol. The van der Waals surface area contributed by atoms with Crippen molar-refractivity contribution in [3.63, 3.8) is 0 Å². The molecule has 7 nitrogen and oxygen atoms in total. The number of ether oxygens (including phenoxy) is 1. The fourth-order valence-corrected chi connectivity index (χ4v) is 3.95. The second-order valence-corrected chi connectivity index (χ2v) is 7.93. The van der Waals surface area contributed by atoms with E-state index in [0.717, 1.165) is 24.9 Å². The number of nitrogens with one attached hydrogen (secondary N) is 2. The van der Waals surface area contributed by atoms with Crippen LogP contribution in [0.15, 0.2) is 67.0 Å². The third-order valence-electron chi connectivity index (χ3n) is 5.85. The van der Waals surface area contributed by atoms with E-state index in [0.29, 0.717) is 29.4 Å². The molecular weight excluding hydrogens is 390 g/mol. The maximum absolute atomic E-state index is 12.8. The quantitative estimate of drug-likeness (QED) is 0.408. The zero-order valence-corrected chi connectivity index (χ0v) is 17.5. The fraction of sp³-hybridized carbons (Fsp3) is 0.292. The second-order valence-electron chi connectivity index (χ2n) is 7.93. The molecule has 1 aromatic carbocycles. The zero-order valence-electron chi connectivity index (χ0n) is 17.5. The minimum atomic E-state index is -0.215. The van der Waals surface area contributed by atoms with Gasteiger partial charge in [-0.15, -0.1) is 0 Å². The molecule has 158 valence electrons. The monoisotopic (exact) mass is 415 g/mol. The van der Waals surface area contributed by atoms with Gasteiger partial charge in [0.1, 0.15) is 17.2 Å². The van der Waals surface area contributed by atoms with Gasteiger partial charge in [0, 0.05) is 24.1 Å². The van der Waals surface area contributed by atoms with Crippen molar-refractivity contribution in [2.45, 2.75) is 25.8 Å². The van der Waals surface area contributed by atoms with Crippen LogP contribution in [-0.4, -0.2) is 40.1 Å². The lowest BCUT2D eigenvalue weighted by Gasteiger charge is -2.17. The van der Waals surface area contributed by atoms with Crippen molar-refractivity contribution < 1.29 is 9.53 Å². The number of rotatable bonds is 7. The molecule has 1 aromatic heterocycles. The topological polar surface area (TPSA) is 94.0 Å². The Labute approximate surface area is 181 Å². The number of hydrogen-bond acceptors (Lipinski definition) is 5. The highest BCUT2D eigenvalue weighted by atomic mass is 16.5. The molecule has 2 N–H and O–H groups in total. The van der Waals surface area contributed by atoms with Crippen molar-refractivity contribution in [2.75, 3.05) is 13.1 Å². The van der Waals surface area contributed by atoms with Crippen molar-refractivity contribution in [3.8, 4) is 23.2 Å². The first-order valence-electron chi connectivity index (χ1n) is 10.3. The average Bonchev–Trinajstić information content (AvgIpc) is 3.25. The molecule has 2 heterocycles. The van der Waals surface area contributed by atoms with E-state index in [1.54, 1.807) is 17.0 Å². The summed E-state index contributed by atoms with van der Waals surface area (Å²) >= 11 is 0. The maximum Gasteiger partial charge on any atom is 0.269 e. The predicted octanol–water partition coefficient (Wildman–Crippen LogP) is 3.78. The minimum absolute atomic E-state index is 0.0195. The van der Waals surface area contributed by atoms with Crippen LogP contribution in [0, 0.1) is 16.9 Å². The van der Waals surface area contributed by atoms with Crippen LogP contribution < -0.4 is 10.1 Å². The highest BCUT2D eigenvalue weighted by Crippen LogP contribution is 2.52. The molecular formula is C24H25N5O2. The number of aromatic amines is 1. The molecule has 1 atom stereocenters. The normalized spacial score (nSPS) is 19.4. The third-order valence-corrected chi connectivity index (χ3v) is 5.85. The Morgan fingerprint density at radius 1 is 1.45 bits per heavy atom. The summed E-state index contributed by atoms with van der Waals surface area (Å²) in [6, 6.07) is 9.22. The Balaban J connectivity index is 1.51. The van der Waals surface area contributed by atoms with Crippen molar-refractivity contribution >= 4 is 5.91 Å². The number of carbonyl (C=O) groups is 1. The molecule has 1 amide bonds. The summed E-state index contributed by atoms with van der Waals surface area (Å²) in [4.78, 5) is 14.6. The number of aromatic nitrogens is 2. The van der Waals surface area contributed by atoms with Gasteiger partial charge in [0.05, 0.1) is 11.7 Å². The standard InChI is InChI=1S/C24H25N5O2/c1-3-5-8-17(4-2)31-21-10-7-6-9-18(21)19-13-20(28-27-19)23(30)26-22-14-29(16-25)15-24(22)11-12-24/h3-10,13,22H,2,11-12,14-15H2,1H3,(H,26,30)(H,27,28)/b5-3-,17-8+. The Bertz CT molecular complexity index is 1090. The molecule has 7 heteroatoms. The lowest BCUT2D eigenvalue weighted by molar-refractivity contribution is 0.0922. The lowest BCUT2D eigenvalue weighted by Crippen LogP contribution is -2.41. The summed E-state index contributed by atoms with van der Waals surface area (Å²) in [5.41, 5.74) is 1.81. The molecule has 1 aliphatic carbocycles. The van der Waals surface area contributed by atoms with Crippen molar-refractivity contribution in [1.82, 2.24) is 20.4 Å². The molecule has 1 unspecified atom stereocenters. The summed E-state index contributed by atoms with van der Waals surface area (Å²) < 4.78 is 5.99. The molecule has 1 spiro atoms. The van der Waals surface area contributed by atoms with E-state index in [-0.39, 0.29) is 17.4 Å². The number of likely N-dealkylation sites (tertiary alicyclic amines) is 1. The van der Waals surface area contributed by atoms with Crippen molar-refractivity contribution in [3.05, 3.63) is 72.7 Å². The van der Waals surface area contributed by atoms with E-state index in [1.807, 2.05) is 49.4 Å². The summed E-state index contributed by atoms with van der Waals surface area (Å²) in [5.74, 6) is 1.01. The average molecular weight is 415 g/mol. The number of hydrogen-bond donors (Lipinski definition) is 2. The SMILES string of the molecule is C=C/C(=C\C=C/C)Oc1ccccc1-c1cc(C(=O)NC2CN(C#N)CC23CC3)[nH]n1. The van der Waals surface area contributed by atoms with Crippen molar-refractivity contribution in [2.24, 2.45) is 5.41 Å². The van der Waals surface area contributed by atoms with Gasteiger partial charge in [0.15, 0.2) is 6.19 Å². The van der Waals surface area contributed by atoms with E-state index in [9.17, 15) is 10.1 Å². The first kappa shape index (κ1) is 20.5. The van der Waals surface area contributed by atoms with Gasteiger partial charge in [-0.1, -0.05) is 30.9 Å². The van der Waals surface area contributed by atoms with Gasteiger partial charge < -0.3 is 15.0 Å². The number of nitriles is 1. The van der Waals surface area contributed by atoms with E-state index < -0.39 is 0 Å². The highest BCUT2D eigenvalue weighted by Gasteiger charge is 2.55. The number of benzene rings is 1. The molecule has 2 aliphatic rings. The maximum atomic E-state index is 12.8. The fourth-order valence-electron chi connectivity index (χ4n) is 3.95. The largest absolute Gasteiger partial charge is 0.457 e. The van der Waals surface area contributed by atoms with Crippen LogP contribution in [0.2, 0.25) is 0 Å². The second kappa shape index (κ2) is 8.52. The number of H-pyrrole nitrogens is 1. The number of carbonyl (C=O) groups excluding carboxylic acids is 1. The molecule has 2 fully saturated rings. The summed E-state index contributed by atoms with van der Waals surface area (Å²) in [6.07, 6.45) is 11.5. The minimum Gasteiger partial charge on any atom is -0.457 e.